The van der Waals surface area contributed by atoms with Crippen LogP contribution in [0.3, 0.4) is 0 Å². The van der Waals surface area contributed by atoms with E-state index in [1.807, 2.05) is 0 Å². The third kappa shape index (κ3) is 8.03. The first-order valence-corrected chi connectivity index (χ1v) is 26.3. The molecule has 8 aromatic rings. The summed E-state index contributed by atoms with van der Waals surface area (Å²) < 4.78 is 25.3. The van der Waals surface area contributed by atoms with Crippen LogP contribution in [-0.2, 0) is 85.0 Å². The average molecular weight is 1070 g/mol. The Morgan fingerprint density at radius 1 is 0.359 bits per heavy atom. The van der Waals surface area contributed by atoms with Crippen molar-refractivity contribution in [1.82, 2.24) is 0 Å². The number of Topliss-reactive ketones (excluding diaryl/α,β-unsaturated/α-hetero) is 4. The Morgan fingerprint density at radius 3 is 0.923 bits per heavy atom. The monoisotopic (exact) mass is 1060 g/mol. The lowest BCUT2D eigenvalue weighted by Gasteiger charge is -2.29. The second-order valence-electron chi connectivity index (χ2n) is 18.8. The molecule has 0 saturated carbocycles. The number of ether oxygens (including phenoxy) is 4. The summed E-state index contributed by atoms with van der Waals surface area (Å²) in [4.78, 5) is 118. The van der Waals surface area contributed by atoms with E-state index in [0.717, 1.165) is 22.7 Å². The van der Waals surface area contributed by atoms with Gasteiger partial charge in [-0.1, -0.05) is 170 Å². The molecule has 0 unspecified atom stereocenters. The Kier molecular flexibility index (Phi) is 12.6. The molecule has 2 aromatic heterocycles. The van der Waals surface area contributed by atoms with Gasteiger partial charge in [0.05, 0.1) is 9.40 Å². The van der Waals surface area contributed by atoms with Crippen LogP contribution in [0.2, 0.25) is 0 Å². The molecule has 0 spiro atoms. The Morgan fingerprint density at radius 2 is 0.628 bits per heavy atom. The van der Waals surface area contributed by atoms with Crippen molar-refractivity contribution in [3.63, 3.8) is 0 Å². The SMILES string of the molecule is O=C1C(=O)c2ccccc2/C1=C/C1=Cc2sc3c4c(sc3c2C1(C(=O)OCc1ccccc1)C(=O)OCc1ccccc1)C=C(/C=C1\C(=O)C(=O)c2ccccc21)C4(C(=O)OCc1ccccc1)C(=O)OCc1ccccc1. The van der Waals surface area contributed by atoms with Crippen LogP contribution in [-0.4, -0.2) is 47.0 Å². The molecule has 380 valence electrons. The van der Waals surface area contributed by atoms with Crippen LogP contribution in [0, 0.1) is 0 Å². The summed E-state index contributed by atoms with van der Waals surface area (Å²) in [5, 5.41) is 0. The number of fused-ring (bicyclic) bond motifs is 7. The number of ketones is 4. The van der Waals surface area contributed by atoms with Crippen molar-refractivity contribution in [3.05, 3.63) is 259 Å². The molecule has 0 N–H and O–H groups in total. The van der Waals surface area contributed by atoms with Gasteiger partial charge in [-0.3, -0.25) is 38.4 Å². The number of hydrogen-bond donors (Lipinski definition) is 0. The molecule has 0 atom stereocenters. The van der Waals surface area contributed by atoms with E-state index in [9.17, 15) is 19.2 Å². The zero-order chi connectivity index (χ0) is 53.7. The van der Waals surface area contributed by atoms with Gasteiger partial charge >= 0.3 is 23.9 Å². The van der Waals surface area contributed by atoms with Crippen molar-refractivity contribution in [2.24, 2.45) is 0 Å². The third-order valence-electron chi connectivity index (χ3n) is 14.3. The number of esters is 4. The molecule has 12 rings (SSSR count). The second-order valence-corrected chi connectivity index (χ2v) is 20.9. The van der Waals surface area contributed by atoms with E-state index in [2.05, 4.69) is 0 Å². The standard InChI is InChI=1S/C64H40O12S2/c65-53-45-27-15-13-25-43(45)47(55(53)67)29-41-31-49-51(63(41,59(69)73-33-37-17-5-1-6-18-37)60(70)74-34-38-19-7-2-8-20-38)57-58(77-49)52-50(78-57)32-42(30-48-44-26-14-16-28-46(44)54(66)56(48)68)64(52,61(71)75-35-39-21-9-3-10-22-39)62(72)76-36-40-23-11-4-12-24-40/h1-32H,33-36H2/b47-29-,48-30-. The topological polar surface area (TPSA) is 173 Å². The summed E-state index contributed by atoms with van der Waals surface area (Å²) in [6, 6.07) is 48.2. The van der Waals surface area contributed by atoms with Gasteiger partial charge < -0.3 is 18.9 Å². The van der Waals surface area contributed by atoms with Gasteiger partial charge in [-0.25, -0.2) is 0 Å². The molecule has 2 heterocycles. The lowest BCUT2D eigenvalue weighted by molar-refractivity contribution is -0.166. The highest BCUT2D eigenvalue weighted by Gasteiger charge is 2.63. The number of carbonyl (C=O) groups excluding carboxylic acids is 8. The fourth-order valence-corrected chi connectivity index (χ4v) is 13.5. The maximum atomic E-state index is 15.7. The highest BCUT2D eigenvalue weighted by atomic mass is 32.1. The van der Waals surface area contributed by atoms with Gasteiger partial charge in [-0.15, -0.1) is 22.7 Å². The van der Waals surface area contributed by atoms with Crippen molar-refractivity contribution in [2.75, 3.05) is 0 Å². The summed E-state index contributed by atoms with van der Waals surface area (Å²) in [7, 11) is 0. The molecule has 0 bridgehead atoms. The Bertz CT molecular complexity index is 3640. The summed E-state index contributed by atoms with van der Waals surface area (Å²) in [5.74, 6) is -7.47. The summed E-state index contributed by atoms with van der Waals surface area (Å²) >= 11 is 2.12. The molecular weight excluding hydrogens is 1020 g/mol. The second kappa shape index (κ2) is 19.9. The Labute approximate surface area is 453 Å². The molecule has 14 heteroatoms. The van der Waals surface area contributed by atoms with Gasteiger partial charge in [0.25, 0.3) is 0 Å². The van der Waals surface area contributed by atoms with Gasteiger partial charge in [0, 0.05) is 43.2 Å². The van der Waals surface area contributed by atoms with E-state index in [4.69, 9.17) is 18.9 Å². The number of benzene rings is 6. The lowest BCUT2D eigenvalue weighted by atomic mass is 9.75. The fourth-order valence-electron chi connectivity index (χ4n) is 10.5. The minimum Gasteiger partial charge on any atom is -0.459 e. The molecule has 0 aliphatic heterocycles. The first-order valence-electron chi connectivity index (χ1n) is 24.7. The molecule has 0 amide bonds. The molecule has 6 aromatic carbocycles. The summed E-state index contributed by atoms with van der Waals surface area (Å²) in [6.07, 6.45) is 5.86. The molecule has 78 heavy (non-hydrogen) atoms. The highest BCUT2D eigenvalue weighted by Crippen LogP contribution is 2.60. The minimum absolute atomic E-state index is 0.0250. The van der Waals surface area contributed by atoms with E-state index < -0.39 is 57.8 Å². The number of thiophene rings is 2. The van der Waals surface area contributed by atoms with E-state index in [-0.39, 0.29) is 80.4 Å². The Balaban J connectivity index is 1.10. The van der Waals surface area contributed by atoms with Crippen LogP contribution in [0.25, 0.3) is 32.7 Å². The number of rotatable bonds is 14. The van der Waals surface area contributed by atoms with Gasteiger partial charge in [-0.05, 0) is 68.8 Å². The van der Waals surface area contributed by atoms with Crippen LogP contribution in [0.15, 0.2) is 193 Å². The summed E-state index contributed by atoms with van der Waals surface area (Å²) in [6.45, 7) is -1.13. The van der Waals surface area contributed by atoms with E-state index in [0.29, 0.717) is 43.1 Å². The molecule has 4 aliphatic carbocycles. The maximum absolute atomic E-state index is 15.7. The zero-order valence-electron chi connectivity index (χ0n) is 41.0. The third-order valence-corrected chi connectivity index (χ3v) is 16.7. The average Bonchev–Trinajstić information content (AvgIpc) is 4.48. The quantitative estimate of drug-likeness (QED) is 0.0332. The van der Waals surface area contributed by atoms with E-state index in [1.165, 1.54) is 24.3 Å². The smallest absolute Gasteiger partial charge is 0.333 e. The number of hydrogen-bond acceptors (Lipinski definition) is 14. The molecule has 4 aliphatic rings. The minimum atomic E-state index is -2.50. The first-order chi connectivity index (χ1) is 38.0. The lowest BCUT2D eigenvalue weighted by Crippen LogP contribution is -2.46. The predicted octanol–water partition coefficient (Wildman–Crippen LogP) is 10.9. The van der Waals surface area contributed by atoms with E-state index >= 15 is 19.2 Å². The molecule has 0 saturated heterocycles. The van der Waals surface area contributed by atoms with Crippen molar-refractivity contribution < 1.29 is 57.3 Å². The van der Waals surface area contributed by atoms with Crippen LogP contribution < -0.4 is 0 Å². The molecule has 0 fully saturated rings. The predicted molar refractivity (Wildman–Crippen MR) is 291 cm³/mol. The van der Waals surface area contributed by atoms with Crippen LogP contribution in [0.1, 0.15) is 75.0 Å². The molecule has 0 radical (unpaired) electrons. The zero-order valence-corrected chi connectivity index (χ0v) is 42.7. The first kappa shape index (κ1) is 49.4. The highest BCUT2D eigenvalue weighted by molar-refractivity contribution is 7.29. The van der Waals surface area contributed by atoms with Gasteiger partial charge in [0.15, 0.2) is 0 Å². The van der Waals surface area contributed by atoms with Gasteiger partial charge in [-0.2, -0.15) is 0 Å². The largest absolute Gasteiger partial charge is 0.459 e. The van der Waals surface area contributed by atoms with Crippen molar-refractivity contribution in [3.8, 4) is 0 Å². The summed E-state index contributed by atoms with van der Waals surface area (Å²) in [5.41, 5.74) is -1.65. The van der Waals surface area contributed by atoms with Crippen LogP contribution in [0.4, 0.5) is 0 Å². The van der Waals surface area contributed by atoms with Gasteiger partial charge in [0.1, 0.15) is 26.4 Å². The molecular formula is C64H40O12S2. The Hall–Kier alpha value is -9.50. The van der Waals surface area contributed by atoms with Crippen molar-refractivity contribution in [2.45, 2.75) is 37.3 Å². The van der Waals surface area contributed by atoms with Crippen molar-refractivity contribution >= 4 is 102 Å². The number of carbonyl (C=O) groups is 8. The van der Waals surface area contributed by atoms with Crippen molar-refractivity contribution in [1.29, 1.82) is 0 Å². The van der Waals surface area contributed by atoms with Crippen LogP contribution in [0.5, 0.6) is 0 Å². The van der Waals surface area contributed by atoms with E-state index in [1.54, 1.807) is 170 Å². The fraction of sp³-hybridized carbons (Fsp3) is 0.0938. The normalized spacial score (nSPS) is 16.4. The molecule has 12 nitrogen and oxygen atoms in total. The van der Waals surface area contributed by atoms with Crippen LogP contribution >= 0.6 is 22.7 Å². The number of allylic oxidation sites excluding steroid dienone is 4. The maximum Gasteiger partial charge on any atom is 0.333 e. The van der Waals surface area contributed by atoms with Gasteiger partial charge in [0.2, 0.25) is 34.0 Å².